The third kappa shape index (κ3) is 5.32. The van der Waals surface area contributed by atoms with Gasteiger partial charge in [0.2, 0.25) is 11.8 Å². The quantitative estimate of drug-likeness (QED) is 0.915. The van der Waals surface area contributed by atoms with Crippen molar-refractivity contribution in [3.63, 3.8) is 0 Å². The summed E-state index contributed by atoms with van der Waals surface area (Å²) < 4.78 is 43.6. The first-order valence-corrected chi connectivity index (χ1v) is 6.01. The Hall–Kier alpha value is -1.53. The van der Waals surface area contributed by atoms with Gasteiger partial charge in [-0.2, -0.15) is 18.2 Å². The molecule has 0 aliphatic heterocycles. The number of anilines is 1. The lowest BCUT2D eigenvalue weighted by Gasteiger charge is -2.21. The van der Waals surface area contributed by atoms with Gasteiger partial charge < -0.3 is 10.1 Å². The number of halogens is 3. The van der Waals surface area contributed by atoms with E-state index in [1.165, 1.54) is 0 Å². The van der Waals surface area contributed by atoms with Gasteiger partial charge in [0.1, 0.15) is 5.60 Å². The zero-order valence-corrected chi connectivity index (χ0v) is 11.4. The first kappa shape index (κ1) is 15.5. The normalized spacial score (nSPS) is 12.4. The van der Waals surface area contributed by atoms with Gasteiger partial charge in [0, 0.05) is 12.6 Å². The van der Waals surface area contributed by atoms with Gasteiger partial charge >= 0.3 is 6.18 Å². The van der Waals surface area contributed by atoms with Crippen molar-refractivity contribution in [2.45, 2.75) is 45.9 Å². The second kappa shape index (κ2) is 5.63. The largest absolute Gasteiger partial charge is 0.472 e. The minimum absolute atomic E-state index is 0.0732. The molecule has 0 spiro atoms. The summed E-state index contributed by atoms with van der Waals surface area (Å²) in [5.74, 6) is -0.163. The molecule has 0 saturated heterocycles. The zero-order chi connectivity index (χ0) is 14.7. The van der Waals surface area contributed by atoms with Crippen LogP contribution in [0.15, 0.2) is 6.07 Å². The molecule has 0 atom stereocenters. The van der Waals surface area contributed by atoms with Crippen LogP contribution in [0.1, 0.15) is 39.8 Å². The van der Waals surface area contributed by atoms with Crippen molar-refractivity contribution < 1.29 is 17.9 Å². The molecular weight excluding hydrogens is 259 g/mol. The van der Waals surface area contributed by atoms with Gasteiger partial charge in [-0.3, -0.25) is 0 Å². The Labute approximate surface area is 110 Å². The number of nitrogens with one attached hydrogen (secondary N) is 1. The predicted molar refractivity (Wildman–Crippen MR) is 66.2 cm³/mol. The number of nitrogens with zero attached hydrogens (tertiary/aromatic N) is 2. The number of alkyl halides is 3. The molecule has 1 N–H and O–H groups in total. The van der Waals surface area contributed by atoms with Crippen LogP contribution in [0, 0.1) is 0 Å². The van der Waals surface area contributed by atoms with E-state index in [4.69, 9.17) is 4.74 Å². The number of hydrogen-bond donors (Lipinski definition) is 1. The molecular formula is C12H18F3N3O. The van der Waals surface area contributed by atoms with Crippen LogP contribution < -0.4 is 10.1 Å². The molecule has 4 nitrogen and oxygen atoms in total. The van der Waals surface area contributed by atoms with E-state index in [-0.39, 0.29) is 11.8 Å². The van der Waals surface area contributed by atoms with Crippen molar-refractivity contribution in [2.75, 3.05) is 11.9 Å². The zero-order valence-electron chi connectivity index (χ0n) is 11.4. The minimum Gasteiger partial charge on any atom is -0.472 e. The van der Waals surface area contributed by atoms with E-state index in [1.54, 1.807) is 20.8 Å². The van der Waals surface area contributed by atoms with Crippen LogP contribution in [0.2, 0.25) is 0 Å². The van der Waals surface area contributed by atoms with Crippen molar-refractivity contribution in [3.8, 4) is 5.88 Å². The molecule has 0 bridgehead atoms. The van der Waals surface area contributed by atoms with E-state index in [2.05, 4.69) is 15.3 Å². The molecule has 108 valence electrons. The lowest BCUT2D eigenvalue weighted by molar-refractivity contribution is -0.141. The first-order valence-electron chi connectivity index (χ1n) is 6.01. The molecule has 0 aliphatic rings. The van der Waals surface area contributed by atoms with E-state index < -0.39 is 17.5 Å². The van der Waals surface area contributed by atoms with Gasteiger partial charge in [-0.05, 0) is 27.2 Å². The van der Waals surface area contributed by atoms with Crippen molar-refractivity contribution >= 4 is 5.95 Å². The second-order valence-electron chi connectivity index (χ2n) is 5.05. The summed E-state index contributed by atoms with van der Waals surface area (Å²) in [5.41, 5.74) is -1.64. The molecule has 0 aliphatic carbocycles. The van der Waals surface area contributed by atoms with Gasteiger partial charge in [-0.25, -0.2) is 4.98 Å². The Bertz CT molecular complexity index is 427. The summed E-state index contributed by atoms with van der Waals surface area (Å²) >= 11 is 0. The Balaban J connectivity index is 3.09. The average molecular weight is 277 g/mol. The van der Waals surface area contributed by atoms with Crippen LogP contribution in [0.3, 0.4) is 0 Å². The average Bonchev–Trinajstić information content (AvgIpc) is 2.22. The van der Waals surface area contributed by atoms with Gasteiger partial charge in [0.25, 0.3) is 0 Å². The number of rotatable bonds is 4. The van der Waals surface area contributed by atoms with Gasteiger partial charge in [-0.15, -0.1) is 0 Å². The number of ether oxygens (including phenoxy) is 1. The fourth-order valence-electron chi connectivity index (χ4n) is 1.25. The Morgan fingerprint density at radius 1 is 1.21 bits per heavy atom. The highest BCUT2D eigenvalue weighted by Gasteiger charge is 2.34. The summed E-state index contributed by atoms with van der Waals surface area (Å²) in [7, 11) is 0. The fourth-order valence-corrected chi connectivity index (χ4v) is 1.25. The van der Waals surface area contributed by atoms with Gasteiger partial charge in [0.05, 0.1) is 0 Å². The molecule has 0 unspecified atom stereocenters. The molecule has 0 radical (unpaired) electrons. The summed E-state index contributed by atoms with van der Waals surface area (Å²) in [6.07, 6.45) is -3.77. The van der Waals surface area contributed by atoms with E-state index in [9.17, 15) is 13.2 Å². The number of aromatic nitrogens is 2. The van der Waals surface area contributed by atoms with Crippen LogP contribution in [0.5, 0.6) is 5.88 Å². The third-order valence-corrected chi connectivity index (χ3v) is 1.94. The van der Waals surface area contributed by atoms with E-state index in [0.29, 0.717) is 6.54 Å². The van der Waals surface area contributed by atoms with Crippen molar-refractivity contribution in [1.82, 2.24) is 9.97 Å². The van der Waals surface area contributed by atoms with Crippen LogP contribution in [-0.4, -0.2) is 22.1 Å². The number of hydrogen-bond acceptors (Lipinski definition) is 4. The SMILES string of the molecule is CCCNc1nc(OC(C)(C)C)cc(C(F)(F)F)n1. The van der Waals surface area contributed by atoms with E-state index >= 15 is 0 Å². The molecule has 1 heterocycles. The summed E-state index contributed by atoms with van der Waals surface area (Å²) in [6.45, 7) is 7.61. The molecule has 0 amide bonds. The molecule has 1 rings (SSSR count). The smallest absolute Gasteiger partial charge is 0.433 e. The van der Waals surface area contributed by atoms with Gasteiger partial charge in [0.15, 0.2) is 5.69 Å². The van der Waals surface area contributed by atoms with Crippen LogP contribution in [0.25, 0.3) is 0 Å². The summed E-state index contributed by atoms with van der Waals surface area (Å²) in [4.78, 5) is 7.37. The lowest BCUT2D eigenvalue weighted by Crippen LogP contribution is -2.24. The highest BCUT2D eigenvalue weighted by Crippen LogP contribution is 2.31. The first-order chi connectivity index (χ1) is 8.62. The van der Waals surface area contributed by atoms with E-state index in [0.717, 1.165) is 12.5 Å². The molecule has 7 heteroatoms. The van der Waals surface area contributed by atoms with Crippen molar-refractivity contribution in [1.29, 1.82) is 0 Å². The van der Waals surface area contributed by atoms with Crippen LogP contribution >= 0.6 is 0 Å². The fraction of sp³-hybridized carbons (Fsp3) is 0.667. The predicted octanol–water partition coefficient (Wildman–Crippen LogP) is 3.49. The van der Waals surface area contributed by atoms with Crippen molar-refractivity contribution in [2.24, 2.45) is 0 Å². The van der Waals surface area contributed by atoms with Crippen LogP contribution in [-0.2, 0) is 6.18 Å². The lowest BCUT2D eigenvalue weighted by atomic mass is 10.2. The minimum atomic E-state index is -4.53. The topological polar surface area (TPSA) is 47.0 Å². The van der Waals surface area contributed by atoms with Crippen LogP contribution in [0.4, 0.5) is 19.1 Å². The van der Waals surface area contributed by atoms with Gasteiger partial charge in [-0.1, -0.05) is 6.92 Å². The van der Waals surface area contributed by atoms with E-state index in [1.807, 2.05) is 6.92 Å². The molecule has 1 aromatic heterocycles. The molecule has 1 aromatic rings. The molecule has 0 aromatic carbocycles. The summed E-state index contributed by atoms with van der Waals surface area (Å²) in [6, 6.07) is 0.808. The maximum atomic E-state index is 12.7. The summed E-state index contributed by atoms with van der Waals surface area (Å²) in [5, 5.41) is 2.73. The molecule has 19 heavy (non-hydrogen) atoms. The standard InChI is InChI=1S/C12H18F3N3O/c1-5-6-16-10-17-8(12(13,14)15)7-9(18-10)19-11(2,3)4/h7H,5-6H2,1-4H3,(H,16,17,18). The Morgan fingerprint density at radius 3 is 2.32 bits per heavy atom. The highest BCUT2D eigenvalue weighted by molar-refractivity contribution is 5.32. The molecule has 0 fully saturated rings. The Kier molecular flexibility index (Phi) is 4.60. The maximum absolute atomic E-state index is 12.7. The monoisotopic (exact) mass is 277 g/mol. The van der Waals surface area contributed by atoms with Crippen molar-refractivity contribution in [3.05, 3.63) is 11.8 Å². The molecule has 0 saturated carbocycles. The third-order valence-electron chi connectivity index (χ3n) is 1.94. The second-order valence-corrected chi connectivity index (χ2v) is 5.05. The highest BCUT2D eigenvalue weighted by atomic mass is 19.4. The Morgan fingerprint density at radius 2 is 1.84 bits per heavy atom. The maximum Gasteiger partial charge on any atom is 0.433 e.